The summed E-state index contributed by atoms with van der Waals surface area (Å²) in [4.78, 5) is 17.6. The third kappa shape index (κ3) is 5.09. The van der Waals surface area contributed by atoms with Gasteiger partial charge in [0.25, 0.3) is 0 Å². The molecule has 1 saturated heterocycles. The minimum Gasteiger partial charge on any atom is -0.480 e. The van der Waals surface area contributed by atoms with E-state index in [1.165, 1.54) is 6.07 Å². The summed E-state index contributed by atoms with van der Waals surface area (Å²) in [5, 5.41) is 13.1. The van der Waals surface area contributed by atoms with Gasteiger partial charge in [-0.05, 0) is 63.3 Å². The van der Waals surface area contributed by atoms with Gasteiger partial charge in [0.2, 0.25) is 0 Å². The minimum absolute atomic E-state index is 0.248. The smallest absolute Gasteiger partial charge is 0.325 e. The minimum atomic E-state index is -1.08. The summed E-state index contributed by atoms with van der Waals surface area (Å²) in [6, 6.07) is 11.8. The molecule has 3 rings (SSSR count). The molecule has 148 valence electrons. The number of nitrogens with zero attached hydrogens (tertiary/aromatic N) is 2. The van der Waals surface area contributed by atoms with E-state index in [9.17, 15) is 9.18 Å². The van der Waals surface area contributed by atoms with Crippen LogP contribution in [0, 0.1) is 5.82 Å². The summed E-state index contributed by atoms with van der Waals surface area (Å²) in [6.45, 7) is 1.53. The van der Waals surface area contributed by atoms with E-state index in [0.717, 1.165) is 31.6 Å². The van der Waals surface area contributed by atoms with E-state index in [1.54, 1.807) is 30.3 Å². The molecule has 0 aliphatic carbocycles. The quantitative estimate of drug-likeness (QED) is 0.718. The monoisotopic (exact) mass is 403 g/mol. The average molecular weight is 404 g/mol. The van der Waals surface area contributed by atoms with Gasteiger partial charge in [0.05, 0.1) is 5.71 Å². The molecule has 2 aromatic carbocycles. The van der Waals surface area contributed by atoms with Crippen LogP contribution in [0.1, 0.15) is 24.0 Å². The lowest BCUT2D eigenvalue weighted by Gasteiger charge is -2.31. The van der Waals surface area contributed by atoms with Crippen molar-refractivity contribution in [3.05, 3.63) is 64.4 Å². The Morgan fingerprint density at radius 3 is 2.64 bits per heavy atom. The molecule has 28 heavy (non-hydrogen) atoms. The lowest BCUT2D eigenvalue weighted by atomic mass is 9.98. The molecular formula is C21H23ClFN3O2. The van der Waals surface area contributed by atoms with Crippen LogP contribution in [0.2, 0.25) is 5.02 Å². The first kappa shape index (κ1) is 20.3. The summed E-state index contributed by atoms with van der Waals surface area (Å²) in [7, 11) is 2.10. The second-order valence-electron chi connectivity index (χ2n) is 6.95. The van der Waals surface area contributed by atoms with E-state index in [1.807, 2.05) is 6.07 Å². The molecule has 0 radical (unpaired) electrons. The number of likely N-dealkylation sites (tertiary alicyclic amines) is 1. The zero-order chi connectivity index (χ0) is 20.1. The van der Waals surface area contributed by atoms with E-state index >= 15 is 0 Å². The molecule has 1 aliphatic rings. The van der Waals surface area contributed by atoms with Crippen molar-refractivity contribution in [2.45, 2.75) is 18.9 Å². The van der Waals surface area contributed by atoms with Crippen LogP contribution in [0.3, 0.4) is 0 Å². The molecule has 1 heterocycles. The van der Waals surface area contributed by atoms with E-state index in [0.29, 0.717) is 10.6 Å². The molecule has 0 aromatic heterocycles. The largest absolute Gasteiger partial charge is 0.480 e. The number of carboxylic acids is 1. The first-order chi connectivity index (χ1) is 13.4. The Hall–Kier alpha value is -2.44. The maximum Gasteiger partial charge on any atom is 0.325 e. The summed E-state index contributed by atoms with van der Waals surface area (Å²) >= 11 is 6.21. The van der Waals surface area contributed by atoms with Crippen LogP contribution in [-0.4, -0.2) is 54.4 Å². The maximum atomic E-state index is 14.5. The van der Waals surface area contributed by atoms with E-state index in [4.69, 9.17) is 16.7 Å². The van der Waals surface area contributed by atoms with Crippen molar-refractivity contribution in [1.82, 2.24) is 4.90 Å². The van der Waals surface area contributed by atoms with Gasteiger partial charge in [-0.15, -0.1) is 0 Å². The molecule has 0 bridgehead atoms. The van der Waals surface area contributed by atoms with Crippen molar-refractivity contribution in [2.24, 2.45) is 4.99 Å². The van der Waals surface area contributed by atoms with Gasteiger partial charge in [0, 0.05) is 27.9 Å². The van der Waals surface area contributed by atoms with Crippen LogP contribution in [0.4, 0.5) is 10.1 Å². The lowest BCUT2D eigenvalue weighted by Crippen LogP contribution is -2.37. The number of aliphatic imine (C=N–C) groups is 1. The van der Waals surface area contributed by atoms with E-state index in [-0.39, 0.29) is 17.3 Å². The highest BCUT2D eigenvalue weighted by molar-refractivity contribution is 6.31. The van der Waals surface area contributed by atoms with E-state index < -0.39 is 18.3 Å². The van der Waals surface area contributed by atoms with Gasteiger partial charge in [-0.2, -0.15) is 0 Å². The summed E-state index contributed by atoms with van der Waals surface area (Å²) in [6.07, 6.45) is 1.97. The van der Waals surface area contributed by atoms with Crippen LogP contribution in [0.15, 0.2) is 47.5 Å². The second kappa shape index (κ2) is 9.17. The highest BCUT2D eigenvalue weighted by Gasteiger charge is 2.21. The topological polar surface area (TPSA) is 64.9 Å². The number of piperidine rings is 1. The van der Waals surface area contributed by atoms with Crippen molar-refractivity contribution in [1.29, 1.82) is 0 Å². The third-order valence-electron chi connectivity index (χ3n) is 4.82. The Morgan fingerprint density at radius 2 is 1.96 bits per heavy atom. The van der Waals surface area contributed by atoms with Crippen LogP contribution in [-0.2, 0) is 4.79 Å². The Balaban J connectivity index is 2.01. The number of hydrogen-bond acceptors (Lipinski definition) is 4. The molecule has 0 unspecified atom stereocenters. The molecule has 2 N–H and O–H groups in total. The van der Waals surface area contributed by atoms with Gasteiger partial charge in [0.15, 0.2) is 0 Å². The predicted molar refractivity (Wildman–Crippen MR) is 110 cm³/mol. The van der Waals surface area contributed by atoms with E-state index in [2.05, 4.69) is 22.3 Å². The van der Waals surface area contributed by atoms with Gasteiger partial charge in [-0.1, -0.05) is 23.7 Å². The SMILES string of the molecule is CN1CCC(Nc2ccc(Cl)cc2C(=NCC(=O)O)c2ccccc2F)CC1. The zero-order valence-corrected chi connectivity index (χ0v) is 16.4. The molecule has 7 heteroatoms. The molecule has 5 nitrogen and oxygen atoms in total. The third-order valence-corrected chi connectivity index (χ3v) is 5.05. The normalized spacial score (nSPS) is 16.2. The number of anilines is 1. The molecule has 2 aromatic rings. The number of aliphatic carboxylic acids is 1. The van der Waals surface area contributed by atoms with Crippen molar-refractivity contribution >= 4 is 29.0 Å². The molecule has 0 spiro atoms. The molecule has 0 saturated carbocycles. The van der Waals surface area contributed by atoms with Crippen LogP contribution >= 0.6 is 11.6 Å². The number of halogens is 2. The van der Waals surface area contributed by atoms with Crippen molar-refractivity contribution in [3.63, 3.8) is 0 Å². The first-order valence-corrected chi connectivity index (χ1v) is 9.58. The highest BCUT2D eigenvalue weighted by Crippen LogP contribution is 2.27. The molecule has 1 aliphatic heterocycles. The second-order valence-corrected chi connectivity index (χ2v) is 7.39. The molecule has 0 amide bonds. The van der Waals surface area contributed by atoms with Gasteiger partial charge in [-0.25, -0.2) is 4.39 Å². The van der Waals surface area contributed by atoms with Gasteiger partial charge in [-0.3, -0.25) is 9.79 Å². The van der Waals surface area contributed by atoms with Gasteiger partial charge < -0.3 is 15.3 Å². The standard InChI is InChI=1S/C21H23ClFN3O2/c1-26-10-8-15(9-11-26)25-19-7-6-14(22)12-17(19)21(24-13-20(27)28)16-4-2-3-5-18(16)23/h2-7,12,15,25H,8-11,13H2,1H3,(H,27,28). The Bertz CT molecular complexity index is 880. The maximum absolute atomic E-state index is 14.5. The van der Waals surface area contributed by atoms with Crippen molar-refractivity contribution < 1.29 is 14.3 Å². The van der Waals surface area contributed by atoms with Crippen molar-refractivity contribution in [3.8, 4) is 0 Å². The molecule has 0 atom stereocenters. The number of nitrogens with one attached hydrogen (secondary N) is 1. The molecule has 1 fully saturated rings. The molecular weight excluding hydrogens is 381 g/mol. The zero-order valence-electron chi connectivity index (χ0n) is 15.7. The van der Waals surface area contributed by atoms with Crippen LogP contribution in [0.25, 0.3) is 0 Å². The number of rotatable bonds is 6. The number of carbonyl (C=O) groups is 1. The Kier molecular flexibility index (Phi) is 6.65. The summed E-state index contributed by atoms with van der Waals surface area (Å²) in [5.41, 5.74) is 1.89. The van der Waals surface area contributed by atoms with Crippen molar-refractivity contribution in [2.75, 3.05) is 32.0 Å². The van der Waals surface area contributed by atoms with Crippen LogP contribution in [0.5, 0.6) is 0 Å². The predicted octanol–water partition coefficient (Wildman–Crippen LogP) is 3.91. The van der Waals surface area contributed by atoms with Crippen LogP contribution < -0.4 is 5.32 Å². The first-order valence-electron chi connectivity index (χ1n) is 9.20. The summed E-state index contributed by atoms with van der Waals surface area (Å²) < 4.78 is 14.5. The Labute approximate surface area is 168 Å². The van der Waals surface area contributed by atoms with Gasteiger partial charge in [0.1, 0.15) is 12.4 Å². The van der Waals surface area contributed by atoms with Gasteiger partial charge >= 0.3 is 5.97 Å². The lowest BCUT2D eigenvalue weighted by molar-refractivity contribution is -0.135. The number of carboxylic acid groups (broad SMARTS) is 1. The average Bonchev–Trinajstić information content (AvgIpc) is 2.66. The fourth-order valence-electron chi connectivity index (χ4n) is 3.33. The fourth-order valence-corrected chi connectivity index (χ4v) is 3.50. The summed E-state index contributed by atoms with van der Waals surface area (Å²) in [5.74, 6) is -1.54. The fraction of sp³-hybridized carbons (Fsp3) is 0.333. The number of hydrogen-bond donors (Lipinski definition) is 2. The highest BCUT2D eigenvalue weighted by atomic mass is 35.5. The Morgan fingerprint density at radius 1 is 1.25 bits per heavy atom. The number of benzene rings is 2.